The lowest BCUT2D eigenvalue weighted by atomic mass is 9.84. The van der Waals surface area contributed by atoms with Gasteiger partial charge in [0.2, 0.25) is 0 Å². The van der Waals surface area contributed by atoms with Crippen LogP contribution in [0.1, 0.15) is 71.1 Å². The molecular formula is C25H27BrClN3O4S. The van der Waals surface area contributed by atoms with Crippen molar-refractivity contribution in [3.63, 3.8) is 0 Å². The molecule has 1 saturated carbocycles. The monoisotopic (exact) mass is 579 g/mol. The van der Waals surface area contributed by atoms with E-state index >= 15 is 0 Å². The molecule has 186 valence electrons. The van der Waals surface area contributed by atoms with E-state index in [4.69, 9.17) is 11.6 Å². The average Bonchev–Trinajstić information content (AvgIpc) is 3.24. The van der Waals surface area contributed by atoms with Crippen molar-refractivity contribution in [2.45, 2.75) is 44.6 Å². The summed E-state index contributed by atoms with van der Waals surface area (Å²) in [5.41, 5.74) is 2.30. The zero-order valence-corrected chi connectivity index (χ0v) is 22.5. The predicted molar refractivity (Wildman–Crippen MR) is 141 cm³/mol. The average molecular weight is 581 g/mol. The largest absolute Gasteiger partial charge is 0.342 e. The van der Waals surface area contributed by atoms with Crippen LogP contribution >= 0.6 is 27.5 Å². The summed E-state index contributed by atoms with van der Waals surface area (Å²) in [4.78, 5) is 33.7. The van der Waals surface area contributed by atoms with Gasteiger partial charge in [-0.2, -0.15) is 0 Å². The molecule has 1 fully saturated rings. The van der Waals surface area contributed by atoms with Crippen LogP contribution in [0.4, 0.5) is 0 Å². The van der Waals surface area contributed by atoms with E-state index in [2.05, 4.69) is 31.2 Å². The molecule has 1 atom stereocenters. The fraction of sp³-hybridized carbons (Fsp3) is 0.400. The maximum atomic E-state index is 13.1. The second kappa shape index (κ2) is 10.8. The zero-order chi connectivity index (χ0) is 25.2. The summed E-state index contributed by atoms with van der Waals surface area (Å²) >= 11 is 9.54. The van der Waals surface area contributed by atoms with Gasteiger partial charge >= 0.3 is 0 Å². The number of halogens is 2. The lowest BCUT2D eigenvalue weighted by Crippen LogP contribution is -2.31. The minimum Gasteiger partial charge on any atom is -0.342 e. The van der Waals surface area contributed by atoms with Crippen LogP contribution < -0.4 is 5.32 Å². The lowest BCUT2D eigenvalue weighted by Gasteiger charge is -2.21. The van der Waals surface area contributed by atoms with E-state index in [0.29, 0.717) is 37.5 Å². The number of nitrogens with one attached hydrogen (secondary N) is 2. The molecule has 0 radical (unpaired) electrons. The van der Waals surface area contributed by atoms with Crippen molar-refractivity contribution in [3.8, 4) is 0 Å². The van der Waals surface area contributed by atoms with Crippen molar-refractivity contribution in [1.82, 2.24) is 15.3 Å². The fourth-order valence-electron chi connectivity index (χ4n) is 4.46. The second-order valence-electron chi connectivity index (χ2n) is 9.12. The normalized spacial score (nSPS) is 15.7. The van der Waals surface area contributed by atoms with Crippen molar-refractivity contribution >= 4 is 60.1 Å². The summed E-state index contributed by atoms with van der Waals surface area (Å²) < 4.78 is 24.2. The zero-order valence-electron chi connectivity index (χ0n) is 19.3. The molecule has 1 amide bonds. The Morgan fingerprint density at radius 3 is 2.60 bits per heavy atom. The SMILES string of the molecule is CS(=O)(=O)CC[C@H](NC(=O)c1ccc(C(=O)C2CCCCC2)c(Br)c1)c1nc2ccc(Cl)cc2[nH]1. The summed E-state index contributed by atoms with van der Waals surface area (Å²) in [6.07, 6.45) is 6.41. The molecule has 1 aliphatic carbocycles. The molecule has 0 saturated heterocycles. The molecule has 0 bridgehead atoms. The maximum absolute atomic E-state index is 13.1. The van der Waals surface area contributed by atoms with E-state index < -0.39 is 15.9 Å². The molecule has 7 nitrogen and oxygen atoms in total. The molecule has 2 aromatic carbocycles. The highest BCUT2D eigenvalue weighted by atomic mass is 79.9. The number of fused-ring (bicyclic) bond motifs is 1. The Balaban J connectivity index is 1.55. The van der Waals surface area contributed by atoms with Crippen molar-refractivity contribution in [1.29, 1.82) is 0 Å². The number of ketones is 1. The number of imidazole rings is 1. The molecule has 0 unspecified atom stereocenters. The van der Waals surface area contributed by atoms with Gasteiger partial charge in [-0.3, -0.25) is 9.59 Å². The van der Waals surface area contributed by atoms with Crippen molar-refractivity contribution in [2.24, 2.45) is 5.92 Å². The number of Topliss-reactive ketones (excluding diaryl/α,β-unsaturated/α-hetero) is 1. The summed E-state index contributed by atoms with van der Waals surface area (Å²) in [5, 5.41) is 3.44. The van der Waals surface area contributed by atoms with E-state index in [1.807, 2.05) is 0 Å². The van der Waals surface area contributed by atoms with Crippen molar-refractivity contribution in [2.75, 3.05) is 12.0 Å². The van der Waals surface area contributed by atoms with Gasteiger partial charge in [0.25, 0.3) is 5.91 Å². The number of aromatic nitrogens is 2. The van der Waals surface area contributed by atoms with Gasteiger partial charge in [-0.15, -0.1) is 0 Å². The number of carbonyl (C=O) groups is 2. The van der Waals surface area contributed by atoms with Crippen LogP contribution in [0.15, 0.2) is 40.9 Å². The van der Waals surface area contributed by atoms with Gasteiger partial charge in [-0.05, 0) is 55.7 Å². The van der Waals surface area contributed by atoms with Crippen LogP contribution in [0, 0.1) is 5.92 Å². The van der Waals surface area contributed by atoms with Gasteiger partial charge in [0.15, 0.2) is 5.78 Å². The number of hydrogen-bond acceptors (Lipinski definition) is 5. The van der Waals surface area contributed by atoms with Crippen LogP contribution in [0.3, 0.4) is 0 Å². The van der Waals surface area contributed by atoms with Gasteiger partial charge in [0.05, 0.1) is 22.8 Å². The lowest BCUT2D eigenvalue weighted by molar-refractivity contribution is 0.0886. The summed E-state index contributed by atoms with van der Waals surface area (Å²) in [6, 6.07) is 9.48. The van der Waals surface area contributed by atoms with Crippen LogP contribution in [0.2, 0.25) is 5.02 Å². The molecule has 1 aliphatic rings. The molecule has 0 spiro atoms. The van der Waals surface area contributed by atoms with Crippen LogP contribution in [-0.2, 0) is 9.84 Å². The number of sulfone groups is 1. The highest BCUT2D eigenvalue weighted by Gasteiger charge is 2.25. The summed E-state index contributed by atoms with van der Waals surface area (Å²) in [7, 11) is -3.26. The highest BCUT2D eigenvalue weighted by Crippen LogP contribution is 2.30. The Morgan fingerprint density at radius 1 is 1.17 bits per heavy atom. The quantitative estimate of drug-likeness (QED) is 0.335. The minimum atomic E-state index is -3.26. The minimum absolute atomic E-state index is 0.0293. The Hall–Kier alpha value is -2.23. The number of H-pyrrole nitrogens is 1. The highest BCUT2D eigenvalue weighted by molar-refractivity contribution is 9.10. The number of carbonyl (C=O) groups excluding carboxylic acids is 2. The Bertz CT molecular complexity index is 1370. The van der Waals surface area contributed by atoms with Gasteiger partial charge in [-0.25, -0.2) is 13.4 Å². The maximum Gasteiger partial charge on any atom is 0.251 e. The number of hydrogen-bond donors (Lipinski definition) is 2. The molecule has 3 aromatic rings. The third-order valence-corrected chi connectivity index (χ3v) is 8.22. The molecule has 2 N–H and O–H groups in total. The first-order chi connectivity index (χ1) is 16.6. The Morgan fingerprint density at radius 2 is 1.91 bits per heavy atom. The number of nitrogens with zero attached hydrogens (tertiary/aromatic N) is 1. The standard InChI is InChI=1S/C25H27BrClN3O4S/c1-35(33,34)12-11-21(24-28-20-10-8-17(27)14-22(20)29-24)30-25(32)16-7-9-18(19(26)13-16)23(31)15-5-3-2-4-6-15/h7-10,13-15,21H,2-6,11-12H2,1H3,(H,28,29)(H,30,32)/t21-/m0/s1. The molecule has 4 rings (SSSR count). The fourth-order valence-corrected chi connectivity index (χ4v) is 5.87. The number of aromatic amines is 1. The molecular weight excluding hydrogens is 554 g/mol. The molecule has 1 aromatic heterocycles. The number of rotatable bonds is 8. The first kappa shape index (κ1) is 25.9. The third-order valence-electron chi connectivity index (χ3n) is 6.35. The second-order valence-corrected chi connectivity index (χ2v) is 12.7. The van der Waals surface area contributed by atoms with Gasteiger partial charge in [-0.1, -0.05) is 46.8 Å². The van der Waals surface area contributed by atoms with Crippen LogP contribution in [0.5, 0.6) is 0 Å². The van der Waals surface area contributed by atoms with Crippen molar-refractivity contribution < 1.29 is 18.0 Å². The first-order valence-electron chi connectivity index (χ1n) is 11.6. The Labute approximate surface area is 218 Å². The topological polar surface area (TPSA) is 109 Å². The van der Waals surface area contributed by atoms with Crippen LogP contribution in [-0.4, -0.2) is 42.1 Å². The molecule has 35 heavy (non-hydrogen) atoms. The van der Waals surface area contributed by atoms with E-state index in [1.54, 1.807) is 36.4 Å². The number of benzene rings is 2. The van der Waals surface area contributed by atoms with E-state index in [9.17, 15) is 18.0 Å². The smallest absolute Gasteiger partial charge is 0.251 e. The number of amides is 1. The van der Waals surface area contributed by atoms with Gasteiger partial charge < -0.3 is 10.3 Å². The predicted octanol–water partition coefficient (Wildman–Crippen LogP) is 5.65. The molecule has 10 heteroatoms. The molecule has 0 aliphatic heterocycles. The van der Waals surface area contributed by atoms with Crippen molar-refractivity contribution in [3.05, 3.63) is 62.8 Å². The summed E-state index contributed by atoms with van der Waals surface area (Å²) in [6.45, 7) is 0. The van der Waals surface area contributed by atoms with E-state index in [1.165, 1.54) is 6.42 Å². The van der Waals surface area contributed by atoms with Crippen LogP contribution in [0.25, 0.3) is 11.0 Å². The van der Waals surface area contributed by atoms with E-state index in [0.717, 1.165) is 31.9 Å². The molecule has 1 heterocycles. The summed E-state index contributed by atoms with van der Waals surface area (Å²) in [5.74, 6) is 0.0767. The third kappa shape index (κ3) is 6.51. The Kier molecular flexibility index (Phi) is 7.98. The van der Waals surface area contributed by atoms with E-state index in [-0.39, 0.29) is 29.8 Å². The van der Waals surface area contributed by atoms with Gasteiger partial charge in [0.1, 0.15) is 15.7 Å². The van der Waals surface area contributed by atoms with Gasteiger partial charge in [0, 0.05) is 32.8 Å². The first-order valence-corrected chi connectivity index (χ1v) is 14.8.